The van der Waals surface area contributed by atoms with Crippen LogP contribution in [0.2, 0.25) is 0 Å². The van der Waals surface area contributed by atoms with Crippen molar-refractivity contribution < 1.29 is 4.39 Å². The standard InChI is InChI=1S/C15H14Br2FN/c1-9-5-11(7-12(16)6-9)14(19)8-10-3-2-4-13(18)15(10)17/h2-7,14H,8,19H2,1H3. The molecule has 0 aliphatic carbocycles. The highest BCUT2D eigenvalue weighted by Gasteiger charge is 2.12. The molecule has 0 amide bonds. The molecule has 0 saturated carbocycles. The van der Waals surface area contributed by atoms with Crippen LogP contribution in [0.1, 0.15) is 22.7 Å². The molecule has 0 aromatic heterocycles. The highest BCUT2D eigenvalue weighted by molar-refractivity contribution is 9.10. The quantitative estimate of drug-likeness (QED) is 0.797. The van der Waals surface area contributed by atoms with Crippen LogP contribution in [0.3, 0.4) is 0 Å². The van der Waals surface area contributed by atoms with Gasteiger partial charge in [0, 0.05) is 10.5 Å². The van der Waals surface area contributed by atoms with E-state index in [1.54, 1.807) is 6.07 Å². The van der Waals surface area contributed by atoms with Gasteiger partial charge in [-0.05, 0) is 64.2 Å². The second kappa shape index (κ2) is 6.16. The smallest absolute Gasteiger partial charge is 0.137 e. The second-order valence-electron chi connectivity index (χ2n) is 4.59. The summed E-state index contributed by atoms with van der Waals surface area (Å²) in [6.07, 6.45) is 0.592. The van der Waals surface area contributed by atoms with Crippen LogP contribution >= 0.6 is 31.9 Å². The van der Waals surface area contributed by atoms with Gasteiger partial charge in [0.25, 0.3) is 0 Å². The van der Waals surface area contributed by atoms with Crippen LogP contribution < -0.4 is 5.73 Å². The van der Waals surface area contributed by atoms with Crippen molar-refractivity contribution >= 4 is 31.9 Å². The Kier molecular flexibility index (Phi) is 4.76. The number of hydrogen-bond donors (Lipinski definition) is 1. The number of hydrogen-bond acceptors (Lipinski definition) is 1. The summed E-state index contributed by atoms with van der Waals surface area (Å²) in [5.41, 5.74) is 9.29. The lowest BCUT2D eigenvalue weighted by Gasteiger charge is -2.15. The van der Waals surface area contributed by atoms with Crippen LogP contribution in [0.4, 0.5) is 4.39 Å². The van der Waals surface area contributed by atoms with Crippen molar-refractivity contribution in [3.63, 3.8) is 0 Å². The summed E-state index contributed by atoms with van der Waals surface area (Å²) in [5.74, 6) is -0.255. The highest BCUT2D eigenvalue weighted by atomic mass is 79.9. The highest BCUT2D eigenvalue weighted by Crippen LogP contribution is 2.26. The monoisotopic (exact) mass is 385 g/mol. The molecule has 19 heavy (non-hydrogen) atoms. The van der Waals surface area contributed by atoms with Crippen LogP contribution in [-0.4, -0.2) is 0 Å². The van der Waals surface area contributed by atoms with Gasteiger partial charge in [-0.1, -0.05) is 34.1 Å². The maximum atomic E-state index is 13.5. The topological polar surface area (TPSA) is 26.0 Å². The molecule has 1 nitrogen and oxygen atoms in total. The van der Waals surface area contributed by atoms with Gasteiger partial charge in [0.1, 0.15) is 5.82 Å². The molecule has 0 bridgehead atoms. The first kappa shape index (κ1) is 14.7. The van der Waals surface area contributed by atoms with E-state index >= 15 is 0 Å². The molecule has 0 heterocycles. The van der Waals surface area contributed by atoms with Gasteiger partial charge in [-0.3, -0.25) is 0 Å². The maximum Gasteiger partial charge on any atom is 0.137 e. The summed E-state index contributed by atoms with van der Waals surface area (Å²) in [7, 11) is 0. The average Bonchev–Trinajstić information content (AvgIpc) is 2.33. The van der Waals surface area contributed by atoms with Crippen LogP contribution in [0, 0.1) is 12.7 Å². The molecule has 1 unspecified atom stereocenters. The minimum absolute atomic E-state index is 0.158. The third-order valence-corrected chi connectivity index (χ3v) is 4.31. The molecule has 0 radical (unpaired) electrons. The third kappa shape index (κ3) is 3.65. The van der Waals surface area contributed by atoms with Crippen LogP contribution in [-0.2, 0) is 6.42 Å². The summed E-state index contributed by atoms with van der Waals surface area (Å²) < 4.78 is 15.0. The Morgan fingerprint density at radius 2 is 1.95 bits per heavy atom. The summed E-state index contributed by atoms with van der Waals surface area (Å²) in [6.45, 7) is 2.03. The first-order chi connectivity index (χ1) is 8.97. The first-order valence-corrected chi connectivity index (χ1v) is 7.51. The fourth-order valence-corrected chi connectivity index (χ4v) is 3.09. The predicted octanol–water partition coefficient (Wildman–Crippen LogP) is 4.90. The lowest BCUT2D eigenvalue weighted by molar-refractivity contribution is 0.614. The van der Waals surface area contributed by atoms with Crippen LogP contribution in [0.5, 0.6) is 0 Å². The number of rotatable bonds is 3. The Balaban J connectivity index is 2.25. The molecular weight excluding hydrogens is 373 g/mol. The van der Waals surface area contributed by atoms with Crippen LogP contribution in [0.25, 0.3) is 0 Å². The average molecular weight is 387 g/mol. The molecule has 4 heteroatoms. The number of halogens is 3. The predicted molar refractivity (Wildman–Crippen MR) is 83.6 cm³/mol. The molecule has 2 aromatic carbocycles. The zero-order valence-electron chi connectivity index (χ0n) is 10.5. The van der Waals surface area contributed by atoms with E-state index in [0.29, 0.717) is 10.9 Å². The van der Waals surface area contributed by atoms with Gasteiger partial charge in [0.2, 0.25) is 0 Å². The minimum Gasteiger partial charge on any atom is -0.324 e. The van der Waals surface area contributed by atoms with Gasteiger partial charge in [-0.2, -0.15) is 0 Å². The molecule has 2 rings (SSSR count). The fourth-order valence-electron chi connectivity index (χ4n) is 2.04. The van der Waals surface area contributed by atoms with E-state index in [-0.39, 0.29) is 11.9 Å². The fraction of sp³-hybridized carbons (Fsp3) is 0.200. The molecule has 0 aliphatic rings. The number of benzene rings is 2. The molecule has 0 spiro atoms. The lowest BCUT2D eigenvalue weighted by atomic mass is 9.98. The van der Waals surface area contributed by atoms with Crippen molar-refractivity contribution in [2.75, 3.05) is 0 Å². The molecule has 2 N–H and O–H groups in total. The summed E-state index contributed by atoms with van der Waals surface area (Å²) in [6, 6.07) is 11.0. The van der Waals surface area contributed by atoms with Crippen molar-refractivity contribution in [3.8, 4) is 0 Å². The summed E-state index contributed by atoms with van der Waals surface area (Å²) >= 11 is 6.74. The molecule has 0 aliphatic heterocycles. The summed E-state index contributed by atoms with van der Waals surface area (Å²) in [4.78, 5) is 0. The van der Waals surface area contributed by atoms with Crippen molar-refractivity contribution in [2.45, 2.75) is 19.4 Å². The van der Waals surface area contributed by atoms with E-state index in [0.717, 1.165) is 21.2 Å². The zero-order valence-corrected chi connectivity index (χ0v) is 13.6. The molecular formula is C15H14Br2FN. The molecule has 100 valence electrons. The van der Waals surface area contributed by atoms with Gasteiger partial charge >= 0.3 is 0 Å². The SMILES string of the molecule is Cc1cc(Br)cc(C(N)Cc2cccc(F)c2Br)c1. The lowest BCUT2D eigenvalue weighted by Crippen LogP contribution is -2.14. The van der Waals surface area contributed by atoms with Crippen molar-refractivity contribution in [1.29, 1.82) is 0 Å². The Labute approximate surface area is 129 Å². The van der Waals surface area contributed by atoms with E-state index in [2.05, 4.69) is 37.9 Å². The maximum absolute atomic E-state index is 13.5. The van der Waals surface area contributed by atoms with E-state index in [1.807, 2.05) is 25.1 Å². The van der Waals surface area contributed by atoms with E-state index in [1.165, 1.54) is 6.07 Å². The molecule has 1 atom stereocenters. The number of nitrogens with two attached hydrogens (primary N) is 1. The molecule has 0 fully saturated rings. The van der Waals surface area contributed by atoms with Gasteiger partial charge < -0.3 is 5.73 Å². The van der Waals surface area contributed by atoms with E-state index in [4.69, 9.17) is 5.73 Å². The van der Waals surface area contributed by atoms with Gasteiger partial charge in [-0.25, -0.2) is 4.39 Å². The van der Waals surface area contributed by atoms with Gasteiger partial charge in [0.05, 0.1) is 4.47 Å². The minimum atomic E-state index is -0.255. The molecule has 0 saturated heterocycles. The van der Waals surface area contributed by atoms with Crippen molar-refractivity contribution in [3.05, 3.63) is 67.9 Å². The Morgan fingerprint density at radius 3 is 2.63 bits per heavy atom. The largest absolute Gasteiger partial charge is 0.324 e. The van der Waals surface area contributed by atoms with Crippen LogP contribution in [0.15, 0.2) is 45.3 Å². The van der Waals surface area contributed by atoms with Gasteiger partial charge in [0.15, 0.2) is 0 Å². The van der Waals surface area contributed by atoms with Gasteiger partial charge in [-0.15, -0.1) is 0 Å². The Morgan fingerprint density at radius 1 is 1.21 bits per heavy atom. The van der Waals surface area contributed by atoms with E-state index in [9.17, 15) is 4.39 Å². The number of aryl methyl sites for hydroxylation is 1. The first-order valence-electron chi connectivity index (χ1n) is 5.93. The van der Waals surface area contributed by atoms with Crippen molar-refractivity contribution in [2.24, 2.45) is 5.73 Å². The normalized spacial score (nSPS) is 12.5. The second-order valence-corrected chi connectivity index (χ2v) is 6.29. The third-order valence-electron chi connectivity index (χ3n) is 2.96. The zero-order chi connectivity index (χ0) is 14.0. The molecule has 2 aromatic rings. The van der Waals surface area contributed by atoms with Crippen molar-refractivity contribution in [1.82, 2.24) is 0 Å². The van der Waals surface area contributed by atoms with E-state index < -0.39 is 0 Å². The summed E-state index contributed by atoms with van der Waals surface area (Å²) in [5, 5.41) is 0. The Bertz CT molecular complexity index is 578. The Hall–Kier alpha value is -0.710.